The van der Waals surface area contributed by atoms with Crippen LogP contribution in [0.1, 0.15) is 28.9 Å². The van der Waals surface area contributed by atoms with Crippen molar-refractivity contribution in [2.24, 2.45) is 5.92 Å². The molecule has 1 aromatic rings. The van der Waals surface area contributed by atoms with Crippen molar-refractivity contribution in [3.8, 4) is 0 Å². The monoisotopic (exact) mass is 250 g/mol. The predicted molar refractivity (Wildman–Crippen MR) is 66.4 cm³/mol. The van der Waals surface area contributed by atoms with E-state index in [1.165, 1.54) is 19.0 Å². The van der Waals surface area contributed by atoms with Crippen LogP contribution in [0, 0.1) is 5.92 Å². The van der Waals surface area contributed by atoms with E-state index in [2.05, 4.69) is 10.3 Å². The highest BCUT2D eigenvalue weighted by Gasteiger charge is 2.12. The first-order chi connectivity index (χ1) is 8.75. The Morgan fingerprint density at radius 2 is 2.44 bits per heavy atom. The molecule has 1 aliphatic rings. The molecule has 0 saturated carbocycles. The number of hydrogen-bond acceptors (Lipinski definition) is 4. The van der Waals surface area contributed by atoms with Crippen molar-refractivity contribution in [3.05, 3.63) is 29.6 Å². The maximum Gasteiger partial charge on any atom is 0.337 e. The number of nitrogens with one attached hydrogen (secondary N) is 1. The Labute approximate surface area is 106 Å². The molecule has 0 aromatic carbocycles. The summed E-state index contributed by atoms with van der Waals surface area (Å²) >= 11 is 0. The van der Waals surface area contributed by atoms with E-state index < -0.39 is 5.97 Å². The second kappa shape index (κ2) is 6.47. The van der Waals surface area contributed by atoms with Gasteiger partial charge in [0, 0.05) is 12.7 Å². The van der Waals surface area contributed by atoms with Crippen molar-refractivity contribution in [1.29, 1.82) is 0 Å². The minimum absolute atomic E-state index is 0.204. The number of aromatic nitrogens is 1. The number of carboxylic acids is 1. The largest absolute Gasteiger partial charge is 0.478 e. The summed E-state index contributed by atoms with van der Waals surface area (Å²) < 4.78 is 5.61. The van der Waals surface area contributed by atoms with E-state index in [0.717, 1.165) is 25.4 Å². The van der Waals surface area contributed by atoms with Crippen LogP contribution in [0.2, 0.25) is 0 Å². The second-order valence-electron chi connectivity index (χ2n) is 4.57. The van der Waals surface area contributed by atoms with Crippen LogP contribution < -0.4 is 5.32 Å². The molecule has 0 bridgehead atoms. The number of carbonyl (C=O) groups is 1. The number of nitrogens with zero attached hydrogens (tertiary/aromatic N) is 1. The number of piperidine rings is 1. The molecular formula is C13H18N2O3. The highest BCUT2D eigenvalue weighted by atomic mass is 16.5. The molecule has 1 unspecified atom stereocenters. The first-order valence-corrected chi connectivity index (χ1v) is 6.22. The van der Waals surface area contributed by atoms with E-state index in [1.54, 1.807) is 12.1 Å². The smallest absolute Gasteiger partial charge is 0.337 e. The highest BCUT2D eigenvalue weighted by molar-refractivity contribution is 5.87. The lowest BCUT2D eigenvalue weighted by Crippen LogP contribution is -2.32. The molecule has 5 heteroatoms. The molecule has 1 aromatic heterocycles. The van der Waals surface area contributed by atoms with Gasteiger partial charge in [-0.2, -0.15) is 0 Å². The lowest BCUT2D eigenvalue weighted by Gasteiger charge is -2.22. The van der Waals surface area contributed by atoms with Crippen molar-refractivity contribution >= 4 is 5.97 Å². The standard InChI is InChI=1S/C13H18N2O3/c16-13(17)11-3-4-12(15-7-11)9-18-8-10-2-1-5-14-6-10/h3-4,7,10,14H,1-2,5-6,8-9H2,(H,16,17). The second-order valence-corrected chi connectivity index (χ2v) is 4.57. The fourth-order valence-electron chi connectivity index (χ4n) is 2.03. The third-order valence-corrected chi connectivity index (χ3v) is 3.07. The quantitative estimate of drug-likeness (QED) is 0.824. The van der Waals surface area contributed by atoms with Gasteiger partial charge in [0.15, 0.2) is 0 Å². The molecule has 0 radical (unpaired) electrons. The third kappa shape index (κ3) is 3.78. The maximum atomic E-state index is 10.7. The molecule has 0 aliphatic carbocycles. The van der Waals surface area contributed by atoms with Gasteiger partial charge < -0.3 is 15.2 Å². The molecule has 2 N–H and O–H groups in total. The number of carboxylic acid groups (broad SMARTS) is 1. The van der Waals surface area contributed by atoms with Crippen molar-refractivity contribution in [1.82, 2.24) is 10.3 Å². The first kappa shape index (κ1) is 13.0. The van der Waals surface area contributed by atoms with Crippen molar-refractivity contribution in [2.45, 2.75) is 19.4 Å². The van der Waals surface area contributed by atoms with E-state index >= 15 is 0 Å². The zero-order valence-corrected chi connectivity index (χ0v) is 10.3. The fourth-order valence-corrected chi connectivity index (χ4v) is 2.03. The Balaban J connectivity index is 1.74. The molecule has 5 nitrogen and oxygen atoms in total. The summed E-state index contributed by atoms with van der Waals surface area (Å²) in [5, 5.41) is 12.1. The molecule has 98 valence electrons. The van der Waals surface area contributed by atoms with Gasteiger partial charge >= 0.3 is 5.97 Å². The number of ether oxygens (including phenoxy) is 1. The van der Waals surface area contributed by atoms with E-state index in [-0.39, 0.29) is 5.56 Å². The van der Waals surface area contributed by atoms with Crippen LogP contribution in [0.5, 0.6) is 0 Å². The first-order valence-electron chi connectivity index (χ1n) is 6.22. The van der Waals surface area contributed by atoms with Crippen LogP contribution in [0.3, 0.4) is 0 Å². The summed E-state index contributed by atoms with van der Waals surface area (Å²) in [6, 6.07) is 3.25. The average molecular weight is 250 g/mol. The number of pyridine rings is 1. The van der Waals surface area contributed by atoms with Crippen molar-refractivity contribution in [3.63, 3.8) is 0 Å². The zero-order chi connectivity index (χ0) is 12.8. The Bertz CT molecular complexity index is 386. The van der Waals surface area contributed by atoms with Crippen LogP contribution in [0.15, 0.2) is 18.3 Å². The fraction of sp³-hybridized carbons (Fsp3) is 0.538. The van der Waals surface area contributed by atoms with E-state index in [1.807, 2.05) is 0 Å². The van der Waals surface area contributed by atoms with Crippen LogP contribution in [-0.2, 0) is 11.3 Å². The molecule has 2 rings (SSSR count). The Morgan fingerprint density at radius 1 is 1.56 bits per heavy atom. The molecule has 1 atom stereocenters. The minimum atomic E-state index is -0.955. The van der Waals surface area contributed by atoms with Gasteiger partial charge in [0.05, 0.1) is 24.5 Å². The van der Waals surface area contributed by atoms with E-state index in [9.17, 15) is 4.79 Å². The number of hydrogen-bond donors (Lipinski definition) is 2. The number of aromatic carboxylic acids is 1. The molecule has 1 aliphatic heterocycles. The average Bonchev–Trinajstić information content (AvgIpc) is 2.40. The molecule has 1 saturated heterocycles. The predicted octanol–water partition coefficient (Wildman–Crippen LogP) is 1.30. The summed E-state index contributed by atoms with van der Waals surface area (Å²) in [6.07, 6.45) is 3.78. The van der Waals surface area contributed by atoms with Gasteiger partial charge in [-0.1, -0.05) is 0 Å². The topological polar surface area (TPSA) is 71.5 Å². The maximum absolute atomic E-state index is 10.7. The molecule has 0 amide bonds. The third-order valence-electron chi connectivity index (χ3n) is 3.07. The van der Waals surface area contributed by atoms with E-state index in [0.29, 0.717) is 12.5 Å². The van der Waals surface area contributed by atoms with Crippen LogP contribution in [-0.4, -0.2) is 35.8 Å². The van der Waals surface area contributed by atoms with E-state index in [4.69, 9.17) is 9.84 Å². The summed E-state index contributed by atoms with van der Waals surface area (Å²) in [4.78, 5) is 14.7. The van der Waals surface area contributed by atoms with Gasteiger partial charge in [-0.3, -0.25) is 4.98 Å². The number of rotatable bonds is 5. The van der Waals surface area contributed by atoms with Gasteiger partial charge in [0.25, 0.3) is 0 Å². The summed E-state index contributed by atoms with van der Waals surface area (Å²) in [7, 11) is 0. The molecular weight excluding hydrogens is 232 g/mol. The molecule has 1 fully saturated rings. The Kier molecular flexibility index (Phi) is 4.66. The Morgan fingerprint density at radius 3 is 3.06 bits per heavy atom. The Hall–Kier alpha value is -1.46. The zero-order valence-electron chi connectivity index (χ0n) is 10.3. The van der Waals surface area contributed by atoms with Crippen molar-refractivity contribution in [2.75, 3.05) is 19.7 Å². The summed E-state index contributed by atoms with van der Waals surface area (Å²) in [5.41, 5.74) is 0.971. The molecule has 2 heterocycles. The van der Waals surface area contributed by atoms with Gasteiger partial charge in [-0.05, 0) is 37.4 Å². The van der Waals surface area contributed by atoms with Crippen molar-refractivity contribution < 1.29 is 14.6 Å². The summed E-state index contributed by atoms with van der Waals surface area (Å²) in [6.45, 7) is 3.30. The lowest BCUT2D eigenvalue weighted by atomic mass is 10.0. The summed E-state index contributed by atoms with van der Waals surface area (Å²) in [5.74, 6) is -0.375. The van der Waals surface area contributed by atoms with Gasteiger partial charge in [-0.25, -0.2) is 4.79 Å². The van der Waals surface area contributed by atoms with Crippen LogP contribution in [0.4, 0.5) is 0 Å². The van der Waals surface area contributed by atoms with Gasteiger partial charge in [-0.15, -0.1) is 0 Å². The van der Waals surface area contributed by atoms with Gasteiger partial charge in [0.2, 0.25) is 0 Å². The SMILES string of the molecule is O=C(O)c1ccc(COCC2CCCNC2)nc1. The minimum Gasteiger partial charge on any atom is -0.478 e. The molecule has 0 spiro atoms. The van der Waals surface area contributed by atoms with Gasteiger partial charge in [0.1, 0.15) is 0 Å². The molecule has 18 heavy (non-hydrogen) atoms. The highest BCUT2D eigenvalue weighted by Crippen LogP contribution is 2.11. The lowest BCUT2D eigenvalue weighted by molar-refractivity contribution is 0.0694. The van der Waals surface area contributed by atoms with Crippen LogP contribution in [0.25, 0.3) is 0 Å². The van der Waals surface area contributed by atoms with Crippen LogP contribution >= 0.6 is 0 Å². The normalized spacial score (nSPS) is 19.7.